The first-order valence-electron chi connectivity index (χ1n) is 4.35. The lowest BCUT2D eigenvalue weighted by atomic mass is 10.1. The molecular formula is C11H8BrClN2. The summed E-state index contributed by atoms with van der Waals surface area (Å²) in [5, 5.41) is 0.382. The minimum atomic E-state index is 0.382. The van der Waals surface area contributed by atoms with E-state index in [1.54, 1.807) is 6.20 Å². The van der Waals surface area contributed by atoms with E-state index in [1.807, 2.05) is 30.3 Å². The fourth-order valence-corrected chi connectivity index (χ4v) is 1.79. The van der Waals surface area contributed by atoms with E-state index in [-0.39, 0.29) is 0 Å². The maximum Gasteiger partial charge on any atom is 0.145 e. The van der Waals surface area contributed by atoms with Gasteiger partial charge in [-0.05, 0) is 21.5 Å². The lowest BCUT2D eigenvalue weighted by Gasteiger charge is -2.07. The van der Waals surface area contributed by atoms with Gasteiger partial charge in [0.25, 0.3) is 0 Å². The summed E-state index contributed by atoms with van der Waals surface area (Å²) in [6.45, 7) is 0. The van der Waals surface area contributed by atoms with Crippen LogP contribution in [0.15, 0.2) is 41.0 Å². The second-order valence-corrected chi connectivity index (χ2v) is 4.21. The van der Waals surface area contributed by atoms with Crippen molar-refractivity contribution in [2.24, 2.45) is 0 Å². The van der Waals surface area contributed by atoms with Crippen LogP contribution in [0.25, 0.3) is 11.1 Å². The van der Waals surface area contributed by atoms with Gasteiger partial charge in [0.1, 0.15) is 5.15 Å². The molecule has 0 radical (unpaired) electrons. The van der Waals surface area contributed by atoms with Crippen molar-refractivity contribution in [1.29, 1.82) is 0 Å². The van der Waals surface area contributed by atoms with Crippen LogP contribution < -0.4 is 5.73 Å². The van der Waals surface area contributed by atoms with Crippen LogP contribution in [0, 0.1) is 0 Å². The molecule has 2 aromatic rings. The summed E-state index contributed by atoms with van der Waals surface area (Å²) in [5.74, 6) is 0. The molecule has 0 spiro atoms. The summed E-state index contributed by atoms with van der Waals surface area (Å²) >= 11 is 9.14. The molecule has 1 aromatic carbocycles. The van der Waals surface area contributed by atoms with Crippen molar-refractivity contribution in [1.82, 2.24) is 4.98 Å². The van der Waals surface area contributed by atoms with Crippen LogP contribution >= 0.6 is 27.5 Å². The minimum absolute atomic E-state index is 0.382. The molecule has 0 aliphatic rings. The number of anilines is 1. The van der Waals surface area contributed by atoms with E-state index in [9.17, 15) is 0 Å². The van der Waals surface area contributed by atoms with Gasteiger partial charge >= 0.3 is 0 Å². The molecule has 2 nitrogen and oxygen atoms in total. The summed E-state index contributed by atoms with van der Waals surface area (Å²) in [6, 6.07) is 9.83. The monoisotopic (exact) mass is 282 g/mol. The fourth-order valence-electron chi connectivity index (χ4n) is 1.32. The van der Waals surface area contributed by atoms with E-state index < -0.39 is 0 Å². The highest BCUT2D eigenvalue weighted by Crippen LogP contribution is 2.34. The maximum atomic E-state index is 5.94. The van der Waals surface area contributed by atoms with Gasteiger partial charge < -0.3 is 5.73 Å². The molecule has 0 aliphatic carbocycles. The average Bonchev–Trinajstić information content (AvgIpc) is 2.27. The van der Waals surface area contributed by atoms with Crippen LogP contribution in [0.4, 0.5) is 5.69 Å². The number of nitrogens with two attached hydrogens (primary N) is 1. The normalized spacial score (nSPS) is 10.3. The number of hydrogen-bond acceptors (Lipinski definition) is 2. The molecule has 0 atom stereocenters. The van der Waals surface area contributed by atoms with Crippen molar-refractivity contribution in [3.05, 3.63) is 46.2 Å². The molecule has 0 bridgehead atoms. The Morgan fingerprint density at radius 1 is 1.20 bits per heavy atom. The van der Waals surface area contributed by atoms with Gasteiger partial charge in [0, 0.05) is 11.8 Å². The van der Waals surface area contributed by atoms with E-state index >= 15 is 0 Å². The molecule has 0 saturated carbocycles. The Balaban J connectivity index is 2.60. The van der Waals surface area contributed by atoms with Crippen molar-refractivity contribution < 1.29 is 0 Å². The molecule has 0 unspecified atom stereocenters. The molecule has 1 aromatic heterocycles. The highest BCUT2D eigenvalue weighted by atomic mass is 79.9. The van der Waals surface area contributed by atoms with Gasteiger partial charge in [-0.2, -0.15) is 0 Å². The van der Waals surface area contributed by atoms with E-state index in [2.05, 4.69) is 20.9 Å². The molecule has 0 amide bonds. The third kappa shape index (κ3) is 1.98. The Morgan fingerprint density at radius 3 is 2.53 bits per heavy atom. The number of benzene rings is 1. The van der Waals surface area contributed by atoms with Crippen molar-refractivity contribution in [2.75, 3.05) is 5.73 Å². The predicted octanol–water partition coefficient (Wildman–Crippen LogP) is 3.75. The minimum Gasteiger partial charge on any atom is -0.397 e. The predicted molar refractivity (Wildman–Crippen MR) is 66.8 cm³/mol. The van der Waals surface area contributed by atoms with Crippen LogP contribution in [-0.2, 0) is 0 Å². The van der Waals surface area contributed by atoms with Crippen LogP contribution in [0.2, 0.25) is 5.15 Å². The van der Waals surface area contributed by atoms with Crippen LogP contribution in [0.3, 0.4) is 0 Å². The van der Waals surface area contributed by atoms with Gasteiger partial charge in [0.05, 0.1) is 10.2 Å². The third-order valence-corrected chi connectivity index (χ3v) is 3.42. The molecule has 15 heavy (non-hydrogen) atoms. The largest absolute Gasteiger partial charge is 0.397 e. The van der Waals surface area contributed by atoms with Crippen molar-refractivity contribution in [2.45, 2.75) is 0 Å². The molecule has 2 rings (SSSR count). The maximum absolute atomic E-state index is 5.94. The molecule has 76 valence electrons. The summed E-state index contributed by atoms with van der Waals surface area (Å²) in [4.78, 5) is 4.05. The number of pyridine rings is 1. The number of aromatic nitrogens is 1. The van der Waals surface area contributed by atoms with Crippen LogP contribution in [0.1, 0.15) is 0 Å². The fraction of sp³-hybridized carbons (Fsp3) is 0. The SMILES string of the molecule is Nc1c(-c2ccccc2)cnc(Cl)c1Br. The number of nitrogens with zero attached hydrogens (tertiary/aromatic N) is 1. The van der Waals surface area contributed by atoms with Gasteiger partial charge in [-0.1, -0.05) is 41.9 Å². The number of hydrogen-bond donors (Lipinski definition) is 1. The smallest absolute Gasteiger partial charge is 0.145 e. The standard InChI is InChI=1S/C11H8BrClN2/c12-9-10(14)8(6-15-11(9)13)7-4-2-1-3-5-7/h1-6H,(H2,14,15). The second kappa shape index (κ2) is 4.21. The van der Waals surface area contributed by atoms with Gasteiger partial charge in [0.15, 0.2) is 0 Å². The first-order valence-corrected chi connectivity index (χ1v) is 5.52. The van der Waals surface area contributed by atoms with E-state index in [0.717, 1.165) is 11.1 Å². The zero-order valence-electron chi connectivity index (χ0n) is 7.74. The summed E-state index contributed by atoms with van der Waals surface area (Å²) in [6.07, 6.45) is 1.68. The highest BCUT2D eigenvalue weighted by molar-refractivity contribution is 9.10. The van der Waals surface area contributed by atoms with E-state index in [0.29, 0.717) is 15.3 Å². The number of nitrogen functional groups attached to an aromatic ring is 1. The van der Waals surface area contributed by atoms with Gasteiger partial charge in [-0.15, -0.1) is 0 Å². The summed E-state index contributed by atoms with van der Waals surface area (Å²) in [7, 11) is 0. The topological polar surface area (TPSA) is 38.9 Å². The Kier molecular flexibility index (Phi) is 2.93. The summed E-state index contributed by atoms with van der Waals surface area (Å²) in [5.41, 5.74) is 8.47. The molecule has 2 N–H and O–H groups in total. The average molecular weight is 284 g/mol. The molecule has 4 heteroatoms. The third-order valence-electron chi connectivity index (χ3n) is 2.10. The first-order chi connectivity index (χ1) is 7.20. The molecule has 0 aliphatic heterocycles. The number of halogens is 2. The molecular weight excluding hydrogens is 275 g/mol. The van der Waals surface area contributed by atoms with Crippen molar-refractivity contribution in [3.8, 4) is 11.1 Å². The van der Waals surface area contributed by atoms with E-state index in [1.165, 1.54) is 0 Å². The van der Waals surface area contributed by atoms with Crippen molar-refractivity contribution >= 4 is 33.2 Å². The second-order valence-electron chi connectivity index (χ2n) is 3.06. The van der Waals surface area contributed by atoms with Crippen LogP contribution in [0.5, 0.6) is 0 Å². The summed E-state index contributed by atoms with van der Waals surface area (Å²) < 4.78 is 0.644. The quantitative estimate of drug-likeness (QED) is 0.810. The van der Waals surface area contributed by atoms with Crippen LogP contribution in [-0.4, -0.2) is 4.98 Å². The molecule has 1 heterocycles. The van der Waals surface area contributed by atoms with Gasteiger partial charge in [-0.3, -0.25) is 0 Å². The Labute approximate surface area is 101 Å². The molecule has 0 fully saturated rings. The van der Waals surface area contributed by atoms with Gasteiger partial charge in [-0.25, -0.2) is 4.98 Å². The lowest BCUT2D eigenvalue weighted by Crippen LogP contribution is -1.94. The van der Waals surface area contributed by atoms with Gasteiger partial charge in [0.2, 0.25) is 0 Å². The number of rotatable bonds is 1. The Morgan fingerprint density at radius 2 is 1.87 bits per heavy atom. The lowest BCUT2D eigenvalue weighted by molar-refractivity contribution is 1.31. The highest BCUT2D eigenvalue weighted by Gasteiger charge is 2.09. The van der Waals surface area contributed by atoms with Crippen molar-refractivity contribution in [3.63, 3.8) is 0 Å². The first kappa shape index (κ1) is 10.5. The van der Waals surface area contributed by atoms with E-state index in [4.69, 9.17) is 17.3 Å². The Bertz CT molecular complexity index is 485. The molecule has 0 saturated heterocycles. The Hall–Kier alpha value is -1.06. The zero-order valence-corrected chi connectivity index (χ0v) is 10.1. The zero-order chi connectivity index (χ0) is 10.8.